The number of carbonyl (C=O) groups is 2. The number of hydrogen-bond acceptors (Lipinski definition) is 4. The van der Waals surface area contributed by atoms with E-state index in [0.717, 1.165) is 6.07 Å². The third-order valence-corrected chi connectivity index (χ3v) is 2.62. The number of carboxylic acid groups (broad SMARTS) is 1. The summed E-state index contributed by atoms with van der Waals surface area (Å²) in [7, 11) is 0. The van der Waals surface area contributed by atoms with Crippen molar-refractivity contribution in [2.75, 3.05) is 18.4 Å². The molecule has 0 spiro atoms. The summed E-state index contributed by atoms with van der Waals surface area (Å²) < 4.78 is 31.8. The molecule has 0 fully saturated rings. The van der Waals surface area contributed by atoms with Gasteiger partial charge < -0.3 is 20.5 Å². The van der Waals surface area contributed by atoms with Crippen molar-refractivity contribution >= 4 is 17.7 Å². The van der Waals surface area contributed by atoms with Crippen molar-refractivity contribution in [3.05, 3.63) is 29.3 Å². The quantitative estimate of drug-likeness (QED) is 0.698. The first-order chi connectivity index (χ1) is 10.6. The summed E-state index contributed by atoms with van der Waals surface area (Å²) in [6, 6.07) is 1.42. The van der Waals surface area contributed by atoms with Crippen molar-refractivity contribution in [2.24, 2.45) is 0 Å². The van der Waals surface area contributed by atoms with Crippen LogP contribution in [0.1, 0.15) is 37.6 Å². The molecule has 0 aliphatic rings. The molecular weight excluding hydrogens is 310 g/mol. The number of amides is 1. The van der Waals surface area contributed by atoms with E-state index in [4.69, 9.17) is 9.84 Å². The molecule has 0 aliphatic heterocycles. The van der Waals surface area contributed by atoms with Gasteiger partial charge in [-0.15, -0.1) is 0 Å². The molecule has 128 valence electrons. The Morgan fingerprint density at radius 3 is 2.39 bits per heavy atom. The Labute approximate surface area is 132 Å². The molecule has 0 saturated heterocycles. The smallest absolute Gasteiger partial charge is 0.407 e. The fourth-order valence-corrected chi connectivity index (χ4v) is 1.66. The van der Waals surface area contributed by atoms with Crippen molar-refractivity contribution in [3.63, 3.8) is 0 Å². The highest BCUT2D eigenvalue weighted by Gasteiger charge is 2.16. The predicted octanol–water partition coefficient (Wildman–Crippen LogP) is 2.99. The lowest BCUT2D eigenvalue weighted by Gasteiger charge is -2.19. The molecule has 6 nitrogen and oxygen atoms in total. The maximum absolute atomic E-state index is 13.5. The lowest BCUT2D eigenvalue weighted by molar-refractivity contribution is 0.0527. The number of alkyl carbamates (subject to hydrolysis) is 1. The Morgan fingerprint density at radius 2 is 1.83 bits per heavy atom. The zero-order valence-corrected chi connectivity index (χ0v) is 13.2. The minimum Gasteiger partial charge on any atom is -0.478 e. The number of aromatic carboxylic acids is 1. The van der Waals surface area contributed by atoms with Gasteiger partial charge in [0.05, 0.1) is 11.3 Å². The zero-order valence-electron chi connectivity index (χ0n) is 13.2. The average molecular weight is 330 g/mol. The van der Waals surface area contributed by atoms with Gasteiger partial charge in [-0.2, -0.15) is 0 Å². The topological polar surface area (TPSA) is 87.7 Å². The Hall–Kier alpha value is -2.38. The number of halogens is 2. The van der Waals surface area contributed by atoms with Gasteiger partial charge >= 0.3 is 12.1 Å². The van der Waals surface area contributed by atoms with E-state index in [9.17, 15) is 18.4 Å². The fourth-order valence-electron chi connectivity index (χ4n) is 1.66. The summed E-state index contributed by atoms with van der Waals surface area (Å²) in [6.07, 6.45) is -0.114. The van der Waals surface area contributed by atoms with E-state index in [2.05, 4.69) is 10.6 Å². The molecule has 0 unspecified atom stereocenters. The van der Waals surface area contributed by atoms with Crippen LogP contribution in [0.15, 0.2) is 12.1 Å². The van der Waals surface area contributed by atoms with Gasteiger partial charge in [-0.25, -0.2) is 18.4 Å². The molecule has 0 radical (unpaired) electrons. The first-order valence-electron chi connectivity index (χ1n) is 7.03. The van der Waals surface area contributed by atoms with Gasteiger partial charge in [0.15, 0.2) is 0 Å². The van der Waals surface area contributed by atoms with E-state index in [1.165, 1.54) is 0 Å². The van der Waals surface area contributed by atoms with Crippen molar-refractivity contribution in [2.45, 2.75) is 32.8 Å². The van der Waals surface area contributed by atoms with Crippen molar-refractivity contribution in [1.29, 1.82) is 0 Å². The number of carbonyl (C=O) groups excluding carboxylic acids is 1. The predicted molar refractivity (Wildman–Crippen MR) is 80.7 cm³/mol. The summed E-state index contributed by atoms with van der Waals surface area (Å²) in [4.78, 5) is 22.2. The van der Waals surface area contributed by atoms with E-state index >= 15 is 0 Å². The molecule has 8 heteroatoms. The molecule has 0 saturated carbocycles. The SMILES string of the molecule is CC(C)(C)OC(=O)NCCCNc1cc(C(=O)O)c(F)cc1F. The lowest BCUT2D eigenvalue weighted by atomic mass is 10.1. The van der Waals surface area contributed by atoms with Crippen molar-refractivity contribution in [1.82, 2.24) is 5.32 Å². The Morgan fingerprint density at radius 1 is 1.17 bits per heavy atom. The van der Waals surface area contributed by atoms with Gasteiger partial charge in [-0.05, 0) is 33.3 Å². The summed E-state index contributed by atoms with van der Waals surface area (Å²) >= 11 is 0. The van der Waals surface area contributed by atoms with Crippen LogP contribution in [0.5, 0.6) is 0 Å². The van der Waals surface area contributed by atoms with Crippen LogP contribution in [-0.4, -0.2) is 35.9 Å². The largest absolute Gasteiger partial charge is 0.478 e. The standard InChI is InChI=1S/C15H20F2N2O4/c1-15(2,3)23-14(22)19-6-4-5-18-12-7-9(13(20)21)10(16)8-11(12)17/h7-8,18H,4-6H2,1-3H3,(H,19,22)(H,20,21). The molecule has 1 aromatic rings. The number of carboxylic acids is 1. The van der Waals surface area contributed by atoms with Gasteiger partial charge in [0, 0.05) is 19.2 Å². The zero-order chi connectivity index (χ0) is 17.6. The number of rotatable bonds is 6. The highest BCUT2D eigenvalue weighted by Crippen LogP contribution is 2.19. The van der Waals surface area contributed by atoms with Crippen LogP contribution in [-0.2, 0) is 4.74 Å². The molecule has 0 aliphatic carbocycles. The van der Waals surface area contributed by atoms with E-state index < -0.39 is 34.9 Å². The summed E-state index contributed by atoms with van der Waals surface area (Å²) in [6.45, 7) is 5.77. The van der Waals surface area contributed by atoms with Gasteiger partial charge in [-0.3, -0.25) is 0 Å². The molecule has 23 heavy (non-hydrogen) atoms. The van der Waals surface area contributed by atoms with E-state index in [1.807, 2.05) is 0 Å². The highest BCUT2D eigenvalue weighted by atomic mass is 19.1. The number of ether oxygens (including phenoxy) is 1. The number of benzene rings is 1. The third kappa shape index (κ3) is 6.50. The summed E-state index contributed by atoms with van der Waals surface area (Å²) in [5.41, 5.74) is -1.31. The monoisotopic (exact) mass is 330 g/mol. The van der Waals surface area contributed by atoms with Crippen LogP contribution in [0.3, 0.4) is 0 Å². The molecule has 3 N–H and O–H groups in total. The number of nitrogens with one attached hydrogen (secondary N) is 2. The van der Waals surface area contributed by atoms with Gasteiger partial charge in [-0.1, -0.05) is 0 Å². The van der Waals surface area contributed by atoms with Gasteiger partial charge in [0.1, 0.15) is 17.2 Å². The molecule has 1 rings (SSSR count). The second-order valence-corrected chi connectivity index (χ2v) is 5.83. The van der Waals surface area contributed by atoms with Gasteiger partial charge in [0.25, 0.3) is 0 Å². The Balaban J connectivity index is 2.43. The van der Waals surface area contributed by atoms with Crippen LogP contribution in [0.2, 0.25) is 0 Å². The van der Waals surface area contributed by atoms with E-state index in [1.54, 1.807) is 20.8 Å². The molecule has 0 aromatic heterocycles. The second-order valence-electron chi connectivity index (χ2n) is 5.83. The molecular formula is C15H20F2N2O4. The maximum Gasteiger partial charge on any atom is 0.407 e. The van der Waals surface area contributed by atoms with Crippen molar-refractivity contribution < 1.29 is 28.2 Å². The maximum atomic E-state index is 13.5. The van der Waals surface area contributed by atoms with Crippen LogP contribution >= 0.6 is 0 Å². The lowest BCUT2D eigenvalue weighted by Crippen LogP contribution is -2.33. The fraction of sp³-hybridized carbons (Fsp3) is 0.467. The van der Waals surface area contributed by atoms with Crippen LogP contribution in [0.25, 0.3) is 0 Å². The van der Waals surface area contributed by atoms with E-state index in [-0.39, 0.29) is 18.8 Å². The molecule has 0 bridgehead atoms. The Kier molecular flexibility index (Phi) is 6.29. The van der Waals surface area contributed by atoms with Gasteiger partial charge in [0.2, 0.25) is 0 Å². The molecule has 1 amide bonds. The summed E-state index contributed by atoms with van der Waals surface area (Å²) in [5, 5.41) is 14.0. The number of hydrogen-bond donors (Lipinski definition) is 3. The normalized spacial score (nSPS) is 11.0. The van der Waals surface area contributed by atoms with E-state index in [0.29, 0.717) is 12.5 Å². The first kappa shape index (κ1) is 18.7. The Bertz CT molecular complexity index is 586. The second kappa shape index (κ2) is 7.75. The van der Waals surface area contributed by atoms with Crippen LogP contribution in [0.4, 0.5) is 19.3 Å². The minimum absolute atomic E-state index is 0.110. The van der Waals surface area contributed by atoms with Crippen LogP contribution in [0, 0.1) is 11.6 Å². The molecule has 1 aromatic carbocycles. The number of anilines is 1. The first-order valence-corrected chi connectivity index (χ1v) is 7.03. The molecule has 0 heterocycles. The minimum atomic E-state index is -1.47. The molecule has 0 atom stereocenters. The third-order valence-electron chi connectivity index (χ3n) is 2.62. The van der Waals surface area contributed by atoms with Crippen LogP contribution < -0.4 is 10.6 Å². The summed E-state index contributed by atoms with van der Waals surface area (Å²) in [5.74, 6) is -3.49. The highest BCUT2D eigenvalue weighted by molar-refractivity contribution is 5.89. The average Bonchev–Trinajstić information content (AvgIpc) is 2.38. The van der Waals surface area contributed by atoms with Crippen molar-refractivity contribution in [3.8, 4) is 0 Å².